The van der Waals surface area contributed by atoms with E-state index >= 15 is 0 Å². The molecule has 3 N–H and O–H groups in total. The Kier molecular flexibility index (Phi) is 5.92. The van der Waals surface area contributed by atoms with E-state index in [4.69, 9.17) is 0 Å². The van der Waals surface area contributed by atoms with E-state index in [1.807, 2.05) is 13.0 Å². The molecule has 2 aromatic carbocycles. The van der Waals surface area contributed by atoms with Gasteiger partial charge in [0.2, 0.25) is 5.95 Å². The molecular formula is C22H22F2N6O. The normalized spacial score (nSPS) is 13.2. The number of benzene rings is 2. The first-order valence-electron chi connectivity index (χ1n) is 9.96. The minimum atomic E-state index is -0.765. The Morgan fingerprint density at radius 3 is 2.16 bits per heavy atom. The van der Waals surface area contributed by atoms with Gasteiger partial charge in [-0.05, 0) is 56.2 Å². The van der Waals surface area contributed by atoms with Crippen LogP contribution in [0, 0.1) is 18.6 Å². The van der Waals surface area contributed by atoms with Gasteiger partial charge in [0.25, 0.3) is 0 Å². The summed E-state index contributed by atoms with van der Waals surface area (Å²) >= 11 is 0. The van der Waals surface area contributed by atoms with Gasteiger partial charge in [-0.15, -0.1) is 0 Å². The molecule has 3 aromatic rings. The van der Waals surface area contributed by atoms with Gasteiger partial charge in [0.1, 0.15) is 17.5 Å². The third-order valence-electron chi connectivity index (χ3n) is 4.77. The summed E-state index contributed by atoms with van der Waals surface area (Å²) in [5.41, 5.74) is 2.23. The molecule has 2 heterocycles. The maximum atomic E-state index is 13.2. The number of carbonyl (C=O) groups is 1. The second-order valence-electron chi connectivity index (χ2n) is 7.33. The molecule has 1 aliphatic heterocycles. The van der Waals surface area contributed by atoms with E-state index in [1.165, 1.54) is 0 Å². The Morgan fingerprint density at radius 1 is 0.871 bits per heavy atom. The Hall–Kier alpha value is -3.75. The second-order valence-corrected chi connectivity index (χ2v) is 7.33. The minimum absolute atomic E-state index is 0.0289. The van der Waals surface area contributed by atoms with Crippen LogP contribution in [-0.2, 0) is 0 Å². The average molecular weight is 424 g/mol. The monoisotopic (exact) mass is 424 g/mol. The molecule has 1 fully saturated rings. The molecule has 1 aliphatic rings. The van der Waals surface area contributed by atoms with Gasteiger partial charge in [0, 0.05) is 48.0 Å². The molecule has 0 spiro atoms. The number of carbonyl (C=O) groups excluding carboxylic acids is 1. The summed E-state index contributed by atoms with van der Waals surface area (Å²) < 4.78 is 26.5. The largest absolute Gasteiger partial charge is 0.341 e. The lowest BCUT2D eigenvalue weighted by Gasteiger charge is -2.17. The number of amides is 2. The van der Waals surface area contributed by atoms with Crippen LogP contribution in [0.5, 0.6) is 0 Å². The molecule has 160 valence electrons. The average Bonchev–Trinajstić information content (AvgIpc) is 3.23. The van der Waals surface area contributed by atoms with Gasteiger partial charge in [-0.2, -0.15) is 4.98 Å². The lowest BCUT2D eigenvalue weighted by atomic mass is 10.2. The molecular weight excluding hydrogens is 402 g/mol. The highest BCUT2D eigenvalue weighted by Crippen LogP contribution is 2.22. The van der Waals surface area contributed by atoms with Crippen molar-refractivity contribution in [1.82, 2.24) is 9.97 Å². The molecule has 0 radical (unpaired) electrons. The molecule has 0 bridgehead atoms. The van der Waals surface area contributed by atoms with Gasteiger partial charge in [0.05, 0.1) is 0 Å². The lowest BCUT2D eigenvalue weighted by Crippen LogP contribution is -2.21. The highest BCUT2D eigenvalue weighted by atomic mass is 19.1. The van der Waals surface area contributed by atoms with Crippen LogP contribution in [0.4, 0.5) is 42.4 Å². The molecule has 9 heteroatoms. The van der Waals surface area contributed by atoms with Gasteiger partial charge < -0.3 is 20.9 Å². The van der Waals surface area contributed by atoms with Crippen molar-refractivity contribution < 1.29 is 13.6 Å². The van der Waals surface area contributed by atoms with Crippen LogP contribution < -0.4 is 20.9 Å². The van der Waals surface area contributed by atoms with Crippen molar-refractivity contribution in [2.24, 2.45) is 0 Å². The zero-order valence-electron chi connectivity index (χ0n) is 17.0. The van der Waals surface area contributed by atoms with Crippen molar-refractivity contribution >= 4 is 34.9 Å². The van der Waals surface area contributed by atoms with Crippen LogP contribution in [-0.4, -0.2) is 29.1 Å². The summed E-state index contributed by atoms with van der Waals surface area (Å²) in [6, 6.07) is 11.1. The summed E-state index contributed by atoms with van der Waals surface area (Å²) in [6.45, 7) is 3.86. The smallest absolute Gasteiger partial charge is 0.323 e. The molecule has 2 amide bonds. The van der Waals surface area contributed by atoms with Crippen LogP contribution >= 0.6 is 0 Å². The van der Waals surface area contributed by atoms with E-state index in [0.717, 1.165) is 61.5 Å². The first-order valence-corrected chi connectivity index (χ1v) is 9.96. The number of hydrogen-bond donors (Lipinski definition) is 3. The van der Waals surface area contributed by atoms with Crippen molar-refractivity contribution in [3.05, 3.63) is 65.9 Å². The third kappa shape index (κ3) is 5.44. The first kappa shape index (κ1) is 20.5. The molecule has 0 saturated carbocycles. The Bertz CT molecular complexity index is 1060. The van der Waals surface area contributed by atoms with Gasteiger partial charge in [-0.25, -0.2) is 18.6 Å². The summed E-state index contributed by atoms with van der Waals surface area (Å²) in [5.74, 6) is -0.109. The molecule has 0 atom stereocenters. The fourth-order valence-electron chi connectivity index (χ4n) is 3.38. The number of aryl methyl sites for hydroxylation is 1. The highest BCUT2D eigenvalue weighted by molar-refractivity contribution is 5.99. The molecule has 0 unspecified atom stereocenters. The third-order valence-corrected chi connectivity index (χ3v) is 4.77. The van der Waals surface area contributed by atoms with Crippen molar-refractivity contribution in [1.29, 1.82) is 0 Å². The zero-order chi connectivity index (χ0) is 21.8. The maximum absolute atomic E-state index is 13.2. The highest BCUT2D eigenvalue weighted by Gasteiger charge is 2.16. The Balaban J connectivity index is 1.38. The van der Waals surface area contributed by atoms with E-state index in [2.05, 4.69) is 30.8 Å². The number of aromatic nitrogens is 2. The molecule has 7 nitrogen and oxygen atoms in total. The fourth-order valence-corrected chi connectivity index (χ4v) is 3.38. The molecule has 31 heavy (non-hydrogen) atoms. The van der Waals surface area contributed by atoms with Crippen molar-refractivity contribution in [2.75, 3.05) is 33.9 Å². The van der Waals surface area contributed by atoms with E-state index in [0.29, 0.717) is 11.5 Å². The Labute approximate surface area is 178 Å². The van der Waals surface area contributed by atoms with Gasteiger partial charge >= 0.3 is 6.03 Å². The lowest BCUT2D eigenvalue weighted by molar-refractivity contribution is 0.262. The van der Waals surface area contributed by atoms with E-state index in [-0.39, 0.29) is 5.69 Å². The predicted octanol–water partition coefficient (Wildman–Crippen LogP) is 5.05. The molecule has 1 aromatic heterocycles. The summed E-state index contributed by atoms with van der Waals surface area (Å²) in [7, 11) is 0. The quantitative estimate of drug-likeness (QED) is 0.534. The number of rotatable bonds is 5. The first-order chi connectivity index (χ1) is 14.9. The number of urea groups is 1. The summed E-state index contributed by atoms with van der Waals surface area (Å²) in [6.07, 6.45) is 2.30. The number of nitrogens with zero attached hydrogens (tertiary/aromatic N) is 3. The number of nitrogens with one attached hydrogen (secondary N) is 3. The van der Waals surface area contributed by atoms with Crippen LogP contribution in [0.2, 0.25) is 0 Å². The summed E-state index contributed by atoms with van der Waals surface area (Å²) in [5, 5.41) is 8.27. The van der Waals surface area contributed by atoms with Crippen LogP contribution in [0.1, 0.15) is 18.5 Å². The summed E-state index contributed by atoms with van der Waals surface area (Å²) in [4.78, 5) is 23.4. The van der Waals surface area contributed by atoms with E-state index < -0.39 is 17.7 Å². The van der Waals surface area contributed by atoms with E-state index in [9.17, 15) is 13.6 Å². The molecule has 4 rings (SSSR count). The van der Waals surface area contributed by atoms with Crippen molar-refractivity contribution in [2.45, 2.75) is 19.8 Å². The van der Waals surface area contributed by atoms with Crippen LogP contribution in [0.3, 0.4) is 0 Å². The van der Waals surface area contributed by atoms with Gasteiger partial charge in [0.15, 0.2) is 0 Å². The van der Waals surface area contributed by atoms with Crippen molar-refractivity contribution in [3.63, 3.8) is 0 Å². The van der Waals surface area contributed by atoms with Crippen LogP contribution in [0.15, 0.2) is 48.5 Å². The van der Waals surface area contributed by atoms with Gasteiger partial charge in [-0.3, -0.25) is 0 Å². The maximum Gasteiger partial charge on any atom is 0.323 e. The number of anilines is 5. The number of hydrogen-bond acceptors (Lipinski definition) is 5. The zero-order valence-corrected chi connectivity index (χ0v) is 17.0. The number of halogens is 2. The Morgan fingerprint density at radius 2 is 1.48 bits per heavy atom. The topological polar surface area (TPSA) is 82.2 Å². The minimum Gasteiger partial charge on any atom is -0.341 e. The van der Waals surface area contributed by atoms with Crippen LogP contribution in [0.25, 0.3) is 0 Å². The SMILES string of the molecule is Cc1cc(Nc2ccc(NC(=O)Nc3cc(F)cc(F)c3)cc2)nc(N2CCCC2)n1. The fraction of sp³-hybridized carbons (Fsp3) is 0.227. The predicted molar refractivity (Wildman–Crippen MR) is 117 cm³/mol. The standard InChI is InChI=1S/C22H22F2N6O/c1-14-10-20(29-21(25-14)30-8-2-3-9-30)26-17-4-6-18(7-5-17)27-22(31)28-19-12-15(23)11-16(24)13-19/h4-7,10-13H,2-3,8-9H2,1H3,(H,25,26,29)(H2,27,28,31). The van der Waals surface area contributed by atoms with Crippen molar-refractivity contribution in [3.8, 4) is 0 Å². The molecule has 0 aliphatic carbocycles. The van der Waals surface area contributed by atoms with Gasteiger partial charge in [-0.1, -0.05) is 0 Å². The van der Waals surface area contributed by atoms with E-state index in [1.54, 1.807) is 24.3 Å². The second kappa shape index (κ2) is 8.95. The molecule has 1 saturated heterocycles.